The summed E-state index contributed by atoms with van der Waals surface area (Å²) in [5.41, 5.74) is 0. The highest BCUT2D eigenvalue weighted by Crippen LogP contribution is 2.13. The zero-order valence-corrected chi connectivity index (χ0v) is 8.78. The molecule has 0 spiro atoms. The molecule has 4 nitrogen and oxygen atoms in total. The summed E-state index contributed by atoms with van der Waals surface area (Å²) in [4.78, 5) is 24.4. The number of ketones is 1. The molecular weight excluding hydrogens is 182 g/mol. The highest BCUT2D eigenvalue weighted by Gasteiger charge is 2.27. The van der Waals surface area contributed by atoms with Gasteiger partial charge in [-0.3, -0.25) is 14.5 Å². The highest BCUT2D eigenvalue weighted by molar-refractivity contribution is 5.80. The van der Waals surface area contributed by atoms with E-state index in [1.54, 1.807) is 0 Å². The SMILES string of the molecule is CCC(C(=O)OC)N1CCC(=O)CC1. The Kier molecular flexibility index (Phi) is 4.07. The summed E-state index contributed by atoms with van der Waals surface area (Å²) in [5, 5.41) is 0. The second-order valence-electron chi connectivity index (χ2n) is 3.52. The first kappa shape index (κ1) is 11.2. The molecule has 1 atom stereocenters. The van der Waals surface area contributed by atoms with Gasteiger partial charge in [-0.1, -0.05) is 6.92 Å². The lowest BCUT2D eigenvalue weighted by Gasteiger charge is -2.31. The Morgan fingerprint density at radius 3 is 2.50 bits per heavy atom. The van der Waals surface area contributed by atoms with E-state index in [1.165, 1.54) is 7.11 Å². The fraction of sp³-hybridized carbons (Fsp3) is 0.800. The molecule has 0 radical (unpaired) electrons. The predicted octanol–water partition coefficient (Wildman–Crippen LogP) is 0.603. The molecular formula is C10H17NO3. The smallest absolute Gasteiger partial charge is 0.323 e. The summed E-state index contributed by atoms with van der Waals surface area (Å²) in [6, 6.07) is -0.173. The fourth-order valence-electron chi connectivity index (χ4n) is 1.80. The number of piperidine rings is 1. The third-order valence-corrected chi connectivity index (χ3v) is 2.66. The van der Waals surface area contributed by atoms with Crippen molar-refractivity contribution in [2.75, 3.05) is 20.2 Å². The number of likely N-dealkylation sites (tertiary alicyclic amines) is 1. The van der Waals surface area contributed by atoms with Crippen LogP contribution in [-0.2, 0) is 14.3 Å². The van der Waals surface area contributed by atoms with E-state index in [2.05, 4.69) is 0 Å². The summed E-state index contributed by atoms with van der Waals surface area (Å²) in [7, 11) is 1.40. The molecule has 1 fully saturated rings. The second-order valence-corrected chi connectivity index (χ2v) is 3.52. The molecule has 0 bridgehead atoms. The zero-order chi connectivity index (χ0) is 10.6. The van der Waals surface area contributed by atoms with Crippen molar-refractivity contribution in [1.29, 1.82) is 0 Å². The summed E-state index contributed by atoms with van der Waals surface area (Å²) < 4.78 is 4.72. The maximum absolute atomic E-state index is 11.4. The van der Waals surface area contributed by atoms with E-state index in [1.807, 2.05) is 11.8 Å². The number of methoxy groups -OCH3 is 1. The molecule has 0 aromatic heterocycles. The minimum absolute atomic E-state index is 0.173. The molecule has 1 heterocycles. The molecule has 0 N–H and O–H groups in total. The molecule has 0 saturated carbocycles. The van der Waals surface area contributed by atoms with Crippen molar-refractivity contribution < 1.29 is 14.3 Å². The first-order chi connectivity index (χ1) is 6.69. The molecule has 1 saturated heterocycles. The van der Waals surface area contributed by atoms with Crippen molar-refractivity contribution in [2.45, 2.75) is 32.2 Å². The molecule has 1 rings (SSSR count). The fourth-order valence-corrected chi connectivity index (χ4v) is 1.80. The zero-order valence-electron chi connectivity index (χ0n) is 8.78. The Hall–Kier alpha value is -0.900. The topological polar surface area (TPSA) is 46.6 Å². The van der Waals surface area contributed by atoms with Gasteiger partial charge in [0.05, 0.1) is 7.11 Å². The van der Waals surface area contributed by atoms with Crippen LogP contribution < -0.4 is 0 Å². The van der Waals surface area contributed by atoms with Gasteiger partial charge in [0.15, 0.2) is 0 Å². The third kappa shape index (κ3) is 2.54. The van der Waals surface area contributed by atoms with Crippen molar-refractivity contribution in [3.05, 3.63) is 0 Å². The Bertz CT molecular complexity index is 217. The lowest BCUT2D eigenvalue weighted by atomic mass is 10.1. The van der Waals surface area contributed by atoms with Crippen molar-refractivity contribution in [3.8, 4) is 0 Å². The summed E-state index contributed by atoms with van der Waals surface area (Å²) in [6.45, 7) is 3.33. The monoisotopic (exact) mass is 199 g/mol. The number of nitrogens with zero attached hydrogens (tertiary/aromatic N) is 1. The van der Waals surface area contributed by atoms with Crippen molar-refractivity contribution in [3.63, 3.8) is 0 Å². The van der Waals surface area contributed by atoms with E-state index in [-0.39, 0.29) is 12.0 Å². The Balaban J connectivity index is 2.52. The molecule has 0 aromatic carbocycles. The summed E-state index contributed by atoms with van der Waals surface area (Å²) in [6.07, 6.45) is 1.86. The van der Waals surface area contributed by atoms with Crippen LogP contribution in [0.2, 0.25) is 0 Å². The Morgan fingerprint density at radius 1 is 1.50 bits per heavy atom. The van der Waals surface area contributed by atoms with E-state index in [9.17, 15) is 9.59 Å². The van der Waals surface area contributed by atoms with Gasteiger partial charge in [0.25, 0.3) is 0 Å². The normalized spacial score (nSPS) is 20.6. The van der Waals surface area contributed by atoms with Gasteiger partial charge in [0.2, 0.25) is 0 Å². The van der Waals surface area contributed by atoms with E-state index in [0.29, 0.717) is 31.7 Å². The van der Waals surface area contributed by atoms with Crippen LogP contribution in [-0.4, -0.2) is 42.9 Å². The van der Waals surface area contributed by atoms with Crippen LogP contribution >= 0.6 is 0 Å². The highest BCUT2D eigenvalue weighted by atomic mass is 16.5. The van der Waals surface area contributed by atoms with Crippen LogP contribution in [0, 0.1) is 0 Å². The summed E-state index contributed by atoms with van der Waals surface area (Å²) >= 11 is 0. The molecule has 4 heteroatoms. The van der Waals surface area contributed by atoms with E-state index >= 15 is 0 Å². The van der Waals surface area contributed by atoms with Gasteiger partial charge in [0, 0.05) is 25.9 Å². The average molecular weight is 199 g/mol. The maximum Gasteiger partial charge on any atom is 0.323 e. The molecule has 1 aliphatic heterocycles. The van der Waals surface area contributed by atoms with Gasteiger partial charge in [-0.25, -0.2) is 0 Å². The van der Waals surface area contributed by atoms with Gasteiger partial charge in [0.1, 0.15) is 11.8 Å². The van der Waals surface area contributed by atoms with Crippen LogP contribution in [0.4, 0.5) is 0 Å². The van der Waals surface area contributed by atoms with Crippen LogP contribution in [0.15, 0.2) is 0 Å². The molecule has 0 aliphatic carbocycles. The minimum Gasteiger partial charge on any atom is -0.468 e. The largest absolute Gasteiger partial charge is 0.468 e. The number of Topliss-reactive ketones (excluding diaryl/α,β-unsaturated/α-hetero) is 1. The minimum atomic E-state index is -0.193. The second kappa shape index (κ2) is 5.10. The molecule has 0 aromatic rings. The van der Waals surface area contributed by atoms with Crippen LogP contribution in [0.5, 0.6) is 0 Å². The van der Waals surface area contributed by atoms with Gasteiger partial charge < -0.3 is 4.74 Å². The molecule has 14 heavy (non-hydrogen) atoms. The molecule has 0 amide bonds. The first-order valence-corrected chi connectivity index (χ1v) is 5.02. The predicted molar refractivity (Wildman–Crippen MR) is 51.9 cm³/mol. The van der Waals surface area contributed by atoms with E-state index in [0.717, 1.165) is 6.42 Å². The van der Waals surface area contributed by atoms with E-state index in [4.69, 9.17) is 4.74 Å². The molecule has 80 valence electrons. The van der Waals surface area contributed by atoms with Gasteiger partial charge in [-0.05, 0) is 6.42 Å². The quantitative estimate of drug-likeness (QED) is 0.624. The van der Waals surface area contributed by atoms with E-state index < -0.39 is 0 Å². The number of ether oxygens (including phenoxy) is 1. The van der Waals surface area contributed by atoms with Crippen molar-refractivity contribution >= 4 is 11.8 Å². The standard InChI is InChI=1S/C10H17NO3/c1-3-9(10(13)14-2)11-6-4-8(12)5-7-11/h9H,3-7H2,1-2H3. The number of esters is 1. The third-order valence-electron chi connectivity index (χ3n) is 2.66. The number of carbonyl (C=O) groups excluding carboxylic acids is 2. The van der Waals surface area contributed by atoms with Crippen LogP contribution in [0.1, 0.15) is 26.2 Å². The molecule has 1 aliphatic rings. The lowest BCUT2D eigenvalue weighted by molar-refractivity contribution is -0.148. The number of rotatable bonds is 3. The van der Waals surface area contributed by atoms with Crippen molar-refractivity contribution in [1.82, 2.24) is 4.90 Å². The number of hydrogen-bond acceptors (Lipinski definition) is 4. The average Bonchev–Trinajstić information content (AvgIpc) is 2.21. The van der Waals surface area contributed by atoms with Gasteiger partial charge in [-0.2, -0.15) is 0 Å². The van der Waals surface area contributed by atoms with Crippen LogP contribution in [0.25, 0.3) is 0 Å². The van der Waals surface area contributed by atoms with Gasteiger partial charge >= 0.3 is 5.97 Å². The Morgan fingerprint density at radius 2 is 2.07 bits per heavy atom. The van der Waals surface area contributed by atoms with Crippen LogP contribution in [0.3, 0.4) is 0 Å². The number of carbonyl (C=O) groups is 2. The van der Waals surface area contributed by atoms with Crippen molar-refractivity contribution in [2.24, 2.45) is 0 Å². The lowest BCUT2D eigenvalue weighted by Crippen LogP contribution is -2.45. The Labute approximate surface area is 84.2 Å². The molecule has 1 unspecified atom stereocenters. The maximum atomic E-state index is 11.4. The summed E-state index contributed by atoms with van der Waals surface area (Å²) in [5.74, 6) is 0.0998. The van der Waals surface area contributed by atoms with Gasteiger partial charge in [-0.15, -0.1) is 0 Å². The first-order valence-electron chi connectivity index (χ1n) is 5.02. The number of hydrogen-bond donors (Lipinski definition) is 0.